The fourth-order valence-electron chi connectivity index (χ4n) is 1.06. The summed E-state index contributed by atoms with van der Waals surface area (Å²) in [6, 6.07) is 4.72. The molecule has 0 saturated carbocycles. The zero-order chi connectivity index (χ0) is 8.55. The maximum Gasteiger partial charge on any atom is 0.213 e. The van der Waals surface area contributed by atoms with Gasteiger partial charge in [0.1, 0.15) is 11.6 Å². The van der Waals surface area contributed by atoms with Gasteiger partial charge in [-0.3, -0.25) is 0 Å². The minimum Gasteiger partial charge on any atom is -0.359 e. The molecule has 0 aromatic carbocycles. The first-order valence-electron chi connectivity index (χ1n) is 3.35. The molecule has 0 fully saturated rings. The second-order valence-corrected chi connectivity index (χ2v) is 2.34. The minimum absolute atomic E-state index is 0.365. The summed E-state index contributed by atoms with van der Waals surface area (Å²) in [6.45, 7) is 0. The van der Waals surface area contributed by atoms with Gasteiger partial charge in [0.25, 0.3) is 0 Å². The first kappa shape index (κ1) is 6.80. The van der Waals surface area contributed by atoms with Crippen LogP contribution in [-0.4, -0.2) is 9.97 Å². The Bertz CT molecular complexity index is 467. The highest BCUT2D eigenvalue weighted by Gasteiger charge is 2.04. The number of halogens is 1. The van der Waals surface area contributed by atoms with Crippen LogP contribution in [0, 0.1) is 17.3 Å². The van der Waals surface area contributed by atoms with Crippen molar-refractivity contribution >= 4 is 11.0 Å². The Kier molecular flexibility index (Phi) is 1.31. The van der Waals surface area contributed by atoms with Crippen LogP contribution < -0.4 is 0 Å². The monoisotopic (exact) mass is 161 g/mol. The molecule has 0 aliphatic carbocycles. The Morgan fingerprint density at radius 3 is 3.08 bits per heavy atom. The highest BCUT2D eigenvalue weighted by molar-refractivity contribution is 5.81. The van der Waals surface area contributed by atoms with E-state index >= 15 is 0 Å². The van der Waals surface area contributed by atoms with Crippen LogP contribution in [0.15, 0.2) is 18.3 Å². The first-order chi connectivity index (χ1) is 5.81. The molecule has 2 rings (SSSR count). The van der Waals surface area contributed by atoms with Gasteiger partial charge in [0, 0.05) is 6.20 Å². The Balaban J connectivity index is 2.86. The van der Waals surface area contributed by atoms with Gasteiger partial charge in [-0.25, -0.2) is 4.98 Å². The summed E-state index contributed by atoms with van der Waals surface area (Å²) in [5.74, 6) is -0.571. The Hall–Kier alpha value is -1.89. The average molecular weight is 161 g/mol. The van der Waals surface area contributed by atoms with Crippen molar-refractivity contribution in [1.82, 2.24) is 9.97 Å². The van der Waals surface area contributed by atoms with E-state index in [-0.39, 0.29) is 0 Å². The van der Waals surface area contributed by atoms with Crippen molar-refractivity contribution in [3.05, 3.63) is 29.8 Å². The van der Waals surface area contributed by atoms with Crippen LogP contribution >= 0.6 is 0 Å². The van der Waals surface area contributed by atoms with Crippen LogP contribution in [0.25, 0.3) is 11.0 Å². The molecule has 0 amide bonds. The Morgan fingerprint density at radius 2 is 2.33 bits per heavy atom. The SMILES string of the molecule is N#Cc1c[nH]c2ccc(F)nc12. The zero-order valence-electron chi connectivity index (χ0n) is 6.00. The quantitative estimate of drug-likeness (QED) is 0.596. The standard InChI is InChI=1S/C8H4FN3/c9-7-2-1-6-8(12-7)5(3-10)4-11-6/h1-2,4,11H. The van der Waals surface area contributed by atoms with Crippen molar-refractivity contribution in [1.29, 1.82) is 5.26 Å². The second-order valence-electron chi connectivity index (χ2n) is 2.34. The summed E-state index contributed by atoms with van der Waals surface area (Å²) < 4.78 is 12.6. The van der Waals surface area contributed by atoms with Crippen molar-refractivity contribution < 1.29 is 4.39 Å². The Morgan fingerprint density at radius 1 is 1.50 bits per heavy atom. The van der Waals surface area contributed by atoms with E-state index < -0.39 is 5.95 Å². The molecule has 58 valence electrons. The number of nitrogens with zero attached hydrogens (tertiary/aromatic N) is 2. The van der Waals surface area contributed by atoms with Crippen molar-refractivity contribution in [2.75, 3.05) is 0 Å². The average Bonchev–Trinajstić information content (AvgIpc) is 2.46. The van der Waals surface area contributed by atoms with Gasteiger partial charge in [-0.1, -0.05) is 0 Å². The van der Waals surface area contributed by atoms with Gasteiger partial charge in [-0.15, -0.1) is 0 Å². The molecule has 1 N–H and O–H groups in total. The predicted octanol–water partition coefficient (Wildman–Crippen LogP) is 1.57. The molecule has 4 heteroatoms. The third-order valence-corrected chi connectivity index (χ3v) is 1.61. The molecule has 2 aromatic rings. The smallest absolute Gasteiger partial charge is 0.213 e. The molecule has 2 aromatic heterocycles. The van der Waals surface area contributed by atoms with Crippen LogP contribution in [0.1, 0.15) is 5.56 Å². The molecular formula is C8H4FN3. The molecule has 0 radical (unpaired) electrons. The van der Waals surface area contributed by atoms with Gasteiger partial charge in [-0.05, 0) is 12.1 Å². The molecule has 0 aliphatic heterocycles. The first-order valence-corrected chi connectivity index (χ1v) is 3.35. The van der Waals surface area contributed by atoms with Crippen LogP contribution in [-0.2, 0) is 0 Å². The zero-order valence-corrected chi connectivity index (χ0v) is 6.00. The van der Waals surface area contributed by atoms with Crippen LogP contribution in [0.2, 0.25) is 0 Å². The summed E-state index contributed by atoms with van der Waals surface area (Å²) in [5, 5.41) is 8.58. The number of rotatable bonds is 0. The lowest BCUT2D eigenvalue weighted by Gasteiger charge is -1.88. The van der Waals surface area contributed by atoms with Crippen molar-refractivity contribution in [2.24, 2.45) is 0 Å². The van der Waals surface area contributed by atoms with Gasteiger partial charge in [0.15, 0.2) is 0 Å². The molecule has 0 saturated heterocycles. The highest BCUT2D eigenvalue weighted by Crippen LogP contribution is 2.14. The molecule has 0 spiro atoms. The predicted molar refractivity (Wildman–Crippen MR) is 40.8 cm³/mol. The van der Waals surface area contributed by atoms with Crippen LogP contribution in [0.3, 0.4) is 0 Å². The largest absolute Gasteiger partial charge is 0.359 e. The molecule has 12 heavy (non-hydrogen) atoms. The van der Waals surface area contributed by atoms with E-state index in [0.717, 1.165) is 0 Å². The van der Waals surface area contributed by atoms with Gasteiger partial charge < -0.3 is 4.98 Å². The second kappa shape index (κ2) is 2.31. The lowest BCUT2D eigenvalue weighted by molar-refractivity contribution is 0.589. The van der Waals surface area contributed by atoms with Gasteiger partial charge >= 0.3 is 0 Å². The maximum atomic E-state index is 12.6. The van der Waals surface area contributed by atoms with Crippen molar-refractivity contribution in [2.45, 2.75) is 0 Å². The number of hydrogen-bond acceptors (Lipinski definition) is 2. The van der Waals surface area contributed by atoms with E-state index in [9.17, 15) is 4.39 Å². The van der Waals surface area contributed by atoms with E-state index in [4.69, 9.17) is 5.26 Å². The third-order valence-electron chi connectivity index (χ3n) is 1.61. The molecule has 2 heterocycles. The summed E-state index contributed by atoms with van der Waals surface area (Å²) in [5.41, 5.74) is 1.43. The fraction of sp³-hybridized carbons (Fsp3) is 0. The summed E-state index contributed by atoms with van der Waals surface area (Å²) in [7, 11) is 0. The van der Waals surface area contributed by atoms with Crippen LogP contribution in [0.5, 0.6) is 0 Å². The number of nitrogens with one attached hydrogen (secondary N) is 1. The minimum atomic E-state index is -0.571. The Labute approximate surface area is 67.5 Å². The number of pyridine rings is 1. The lowest BCUT2D eigenvalue weighted by Crippen LogP contribution is -1.82. The van der Waals surface area contributed by atoms with E-state index in [2.05, 4.69) is 9.97 Å². The number of nitriles is 1. The van der Waals surface area contributed by atoms with Gasteiger partial charge in [-0.2, -0.15) is 9.65 Å². The number of aromatic nitrogens is 2. The van der Waals surface area contributed by atoms with E-state index in [1.165, 1.54) is 12.3 Å². The fourth-order valence-corrected chi connectivity index (χ4v) is 1.06. The molecule has 0 atom stereocenters. The maximum absolute atomic E-state index is 12.6. The topological polar surface area (TPSA) is 52.5 Å². The van der Waals surface area contributed by atoms with Gasteiger partial charge in [0.2, 0.25) is 5.95 Å². The number of fused-ring (bicyclic) bond motifs is 1. The molecular weight excluding hydrogens is 157 g/mol. The van der Waals surface area contributed by atoms with Crippen molar-refractivity contribution in [3.8, 4) is 6.07 Å². The van der Waals surface area contributed by atoms with Crippen molar-refractivity contribution in [3.63, 3.8) is 0 Å². The third kappa shape index (κ3) is 0.839. The summed E-state index contributed by atoms with van der Waals surface area (Å²) in [4.78, 5) is 6.40. The summed E-state index contributed by atoms with van der Waals surface area (Å²) >= 11 is 0. The molecule has 0 unspecified atom stereocenters. The number of aromatic amines is 1. The number of hydrogen-bond donors (Lipinski definition) is 1. The van der Waals surface area contributed by atoms with E-state index in [0.29, 0.717) is 16.6 Å². The summed E-state index contributed by atoms with van der Waals surface area (Å²) in [6.07, 6.45) is 1.51. The highest BCUT2D eigenvalue weighted by atomic mass is 19.1. The van der Waals surface area contributed by atoms with E-state index in [1.807, 2.05) is 6.07 Å². The van der Waals surface area contributed by atoms with E-state index in [1.54, 1.807) is 6.07 Å². The molecule has 0 aliphatic rings. The molecule has 0 bridgehead atoms. The lowest BCUT2D eigenvalue weighted by atomic mass is 10.3. The van der Waals surface area contributed by atoms with Gasteiger partial charge in [0.05, 0.1) is 11.1 Å². The van der Waals surface area contributed by atoms with Crippen LogP contribution in [0.4, 0.5) is 4.39 Å². The molecule has 3 nitrogen and oxygen atoms in total. The normalized spacial score (nSPS) is 10.0. The number of H-pyrrole nitrogens is 1.